The summed E-state index contributed by atoms with van der Waals surface area (Å²) in [5, 5.41) is 26.3. The summed E-state index contributed by atoms with van der Waals surface area (Å²) in [6.07, 6.45) is -0.458. The van der Waals surface area contributed by atoms with Gasteiger partial charge in [-0.1, -0.05) is 11.6 Å². The van der Waals surface area contributed by atoms with E-state index in [1.54, 1.807) is 12.1 Å². The Balaban J connectivity index is 1.62. The number of rotatable bonds is 8. The highest BCUT2D eigenvalue weighted by Gasteiger charge is 2.32. The second-order valence-corrected chi connectivity index (χ2v) is 7.98. The van der Waals surface area contributed by atoms with Gasteiger partial charge in [0, 0.05) is 24.4 Å². The molecule has 0 spiro atoms. The summed E-state index contributed by atoms with van der Waals surface area (Å²) in [6, 6.07) is 6.78. The third kappa shape index (κ3) is 5.14. The predicted molar refractivity (Wildman–Crippen MR) is 120 cm³/mol. The van der Waals surface area contributed by atoms with Gasteiger partial charge in [0.05, 0.1) is 35.2 Å². The molecule has 2 heterocycles. The number of anilines is 2. The molecule has 3 atom stereocenters. The number of nitrogens with zero attached hydrogens (tertiary/aromatic N) is 2. The first-order valence-electron chi connectivity index (χ1n) is 10.2. The Morgan fingerprint density at radius 2 is 2.18 bits per heavy atom. The number of ketones is 1. The van der Waals surface area contributed by atoms with Crippen molar-refractivity contribution in [3.05, 3.63) is 47.5 Å². The third-order valence-corrected chi connectivity index (χ3v) is 5.56. The predicted octanol–water partition coefficient (Wildman–Crippen LogP) is 2.21. The van der Waals surface area contributed by atoms with Gasteiger partial charge in [-0.3, -0.25) is 4.79 Å². The Kier molecular flexibility index (Phi) is 6.89. The fourth-order valence-corrected chi connectivity index (χ4v) is 3.76. The summed E-state index contributed by atoms with van der Waals surface area (Å²) >= 11 is 5.88. The molecule has 3 aromatic rings. The number of carbonyl (C=O) groups is 1. The van der Waals surface area contributed by atoms with Crippen molar-refractivity contribution in [2.24, 2.45) is 0 Å². The number of halogens is 2. The molecule has 1 aliphatic heterocycles. The van der Waals surface area contributed by atoms with Crippen molar-refractivity contribution in [1.82, 2.24) is 15.3 Å². The van der Waals surface area contributed by atoms with Crippen molar-refractivity contribution >= 4 is 39.8 Å². The third-order valence-electron chi connectivity index (χ3n) is 5.27. The van der Waals surface area contributed by atoms with Crippen LogP contribution in [0.5, 0.6) is 11.5 Å². The van der Waals surface area contributed by atoms with E-state index in [2.05, 4.69) is 20.6 Å². The Morgan fingerprint density at radius 3 is 2.88 bits per heavy atom. The van der Waals surface area contributed by atoms with Gasteiger partial charge in [0.1, 0.15) is 42.2 Å². The van der Waals surface area contributed by atoms with Gasteiger partial charge >= 0.3 is 0 Å². The number of fused-ring (bicyclic) bond motifs is 1. The van der Waals surface area contributed by atoms with Crippen LogP contribution in [0.15, 0.2) is 36.7 Å². The van der Waals surface area contributed by atoms with Crippen LogP contribution in [0, 0.1) is 5.82 Å². The van der Waals surface area contributed by atoms with Crippen LogP contribution >= 0.6 is 11.6 Å². The molecule has 2 aromatic carbocycles. The zero-order valence-electron chi connectivity index (χ0n) is 17.6. The molecule has 33 heavy (non-hydrogen) atoms. The van der Waals surface area contributed by atoms with Gasteiger partial charge in [0.15, 0.2) is 5.78 Å². The molecule has 1 aromatic heterocycles. The summed E-state index contributed by atoms with van der Waals surface area (Å²) in [4.78, 5) is 21.0. The fourth-order valence-electron chi connectivity index (χ4n) is 3.58. The maximum absolute atomic E-state index is 13.5. The minimum atomic E-state index is -1.41. The van der Waals surface area contributed by atoms with Crippen molar-refractivity contribution in [2.45, 2.75) is 24.7 Å². The largest absolute Gasteiger partial charge is 0.497 e. The van der Waals surface area contributed by atoms with Crippen molar-refractivity contribution in [2.75, 3.05) is 25.6 Å². The van der Waals surface area contributed by atoms with Gasteiger partial charge in [-0.05, 0) is 24.6 Å². The summed E-state index contributed by atoms with van der Waals surface area (Å²) < 4.78 is 24.6. The van der Waals surface area contributed by atoms with E-state index >= 15 is 0 Å². The Bertz CT molecular complexity index is 1180. The molecule has 0 aliphatic carbocycles. The highest BCUT2D eigenvalue weighted by atomic mass is 35.5. The lowest BCUT2D eigenvalue weighted by Crippen LogP contribution is -2.41. The summed E-state index contributed by atoms with van der Waals surface area (Å²) in [5.41, 5.74) is 0.973. The Morgan fingerprint density at radius 1 is 1.36 bits per heavy atom. The molecule has 9 nitrogen and oxygen atoms in total. The number of hydrogen-bond donors (Lipinski definition) is 4. The number of hydrogen-bond acceptors (Lipinski definition) is 9. The average Bonchev–Trinajstić information content (AvgIpc) is 3.25. The number of carbonyl (C=O) groups excluding carboxylic acids is 1. The number of Topliss-reactive ketones (excluding diaryl/α,β-unsaturated/α-hetero) is 1. The molecular weight excluding hydrogens is 455 g/mol. The summed E-state index contributed by atoms with van der Waals surface area (Å²) in [6.45, 7) is -0.0314. The Labute approximate surface area is 193 Å². The van der Waals surface area contributed by atoms with Crippen molar-refractivity contribution in [1.29, 1.82) is 0 Å². The van der Waals surface area contributed by atoms with Crippen LogP contribution in [-0.2, 0) is 4.79 Å². The van der Waals surface area contributed by atoms with E-state index in [0.29, 0.717) is 34.7 Å². The molecule has 1 aliphatic rings. The van der Waals surface area contributed by atoms with Gasteiger partial charge in [-0.25, -0.2) is 14.4 Å². The first-order chi connectivity index (χ1) is 15.9. The number of ether oxygens (including phenoxy) is 2. The van der Waals surface area contributed by atoms with E-state index in [1.807, 2.05) is 0 Å². The van der Waals surface area contributed by atoms with Gasteiger partial charge in [0.2, 0.25) is 0 Å². The molecule has 4 N–H and O–H groups in total. The Hall–Kier alpha value is -3.05. The van der Waals surface area contributed by atoms with Gasteiger partial charge < -0.3 is 30.3 Å². The molecule has 1 unspecified atom stereocenters. The van der Waals surface area contributed by atoms with Crippen molar-refractivity contribution in [3.8, 4) is 11.5 Å². The minimum Gasteiger partial charge on any atom is -0.497 e. The van der Waals surface area contributed by atoms with Crippen molar-refractivity contribution < 1.29 is 28.9 Å². The lowest BCUT2D eigenvalue weighted by molar-refractivity contribution is -0.130. The lowest BCUT2D eigenvalue weighted by Gasteiger charge is -2.18. The van der Waals surface area contributed by atoms with E-state index in [9.17, 15) is 19.4 Å². The van der Waals surface area contributed by atoms with E-state index < -0.39 is 29.9 Å². The smallest absolute Gasteiger partial charge is 0.181 e. The summed E-state index contributed by atoms with van der Waals surface area (Å²) in [5.74, 6) is 0.0581. The highest BCUT2D eigenvalue weighted by molar-refractivity contribution is 6.31. The topological polar surface area (TPSA) is 126 Å². The van der Waals surface area contributed by atoms with E-state index in [-0.39, 0.29) is 23.8 Å². The molecule has 1 fully saturated rings. The number of aliphatic hydroxyl groups excluding tert-OH is 2. The minimum absolute atomic E-state index is 0.0521. The normalized spacial score (nSPS) is 18.8. The maximum Gasteiger partial charge on any atom is 0.181 e. The van der Waals surface area contributed by atoms with Gasteiger partial charge in [-0.15, -0.1) is 0 Å². The monoisotopic (exact) mass is 476 g/mol. The molecule has 174 valence electrons. The molecule has 1 saturated heterocycles. The van der Waals surface area contributed by atoms with Crippen LogP contribution in [-0.4, -0.2) is 64.5 Å². The standard InChI is InChI=1S/C22H22ClFN4O5/c1-32-13-6-16-20(22(27-10-26-16)28-11-2-3-15(24)14(23)4-11)19(7-13)33-9-18(30)21(31)17-5-12(29)8-25-17/h2-4,6-7,10,12,17-18,25,29-30H,5,8-9H2,1H3,(H,26,27,28)/t12-,17+,18?/m0/s1. The van der Waals surface area contributed by atoms with Crippen LogP contribution in [0.25, 0.3) is 10.9 Å². The average molecular weight is 477 g/mol. The molecule has 0 bridgehead atoms. The molecule has 0 radical (unpaired) electrons. The number of β-amino-alcohol motifs (C(OH)–C–C–N with tert-alkyl or cyclic N) is 1. The van der Waals surface area contributed by atoms with E-state index in [1.165, 1.54) is 31.6 Å². The van der Waals surface area contributed by atoms with E-state index in [4.69, 9.17) is 21.1 Å². The molecule has 4 rings (SSSR count). The lowest BCUT2D eigenvalue weighted by atomic mass is 10.1. The number of aromatic nitrogens is 2. The zero-order valence-corrected chi connectivity index (χ0v) is 18.3. The molecule has 0 amide bonds. The molecular formula is C22H22ClFN4O5. The maximum atomic E-state index is 13.5. The quantitative estimate of drug-likeness (QED) is 0.387. The molecule has 0 saturated carbocycles. The SMILES string of the molecule is COc1cc(OCC(O)C(=O)[C@H]2C[C@H](O)CN2)c2c(Nc3ccc(F)c(Cl)c3)ncnc2c1. The zero-order chi connectivity index (χ0) is 23.5. The van der Waals surface area contributed by atoms with Crippen LogP contribution in [0.2, 0.25) is 5.02 Å². The van der Waals surface area contributed by atoms with Crippen LogP contribution in [0.1, 0.15) is 6.42 Å². The van der Waals surface area contributed by atoms with Gasteiger partial charge in [-0.2, -0.15) is 0 Å². The van der Waals surface area contributed by atoms with Gasteiger partial charge in [0.25, 0.3) is 0 Å². The van der Waals surface area contributed by atoms with Crippen LogP contribution in [0.4, 0.5) is 15.9 Å². The highest BCUT2D eigenvalue weighted by Crippen LogP contribution is 2.36. The first kappa shape index (κ1) is 23.1. The van der Waals surface area contributed by atoms with E-state index in [0.717, 1.165) is 0 Å². The van der Waals surface area contributed by atoms with Crippen molar-refractivity contribution in [3.63, 3.8) is 0 Å². The summed E-state index contributed by atoms with van der Waals surface area (Å²) in [7, 11) is 1.49. The van der Waals surface area contributed by atoms with Crippen LogP contribution < -0.4 is 20.1 Å². The molecule has 11 heteroatoms. The second-order valence-electron chi connectivity index (χ2n) is 7.58. The fraction of sp³-hybridized carbons (Fsp3) is 0.318. The second kappa shape index (κ2) is 9.84. The number of nitrogens with one attached hydrogen (secondary N) is 2. The number of methoxy groups -OCH3 is 1. The van der Waals surface area contributed by atoms with Crippen LogP contribution in [0.3, 0.4) is 0 Å². The first-order valence-corrected chi connectivity index (χ1v) is 10.5. The number of benzene rings is 2. The number of aliphatic hydroxyl groups is 2.